The fourth-order valence-electron chi connectivity index (χ4n) is 6.80. The van der Waals surface area contributed by atoms with Crippen LogP contribution < -0.4 is 19.3 Å². The van der Waals surface area contributed by atoms with Gasteiger partial charge >= 0.3 is 0 Å². The summed E-state index contributed by atoms with van der Waals surface area (Å²) in [5.41, 5.74) is 5.57. The van der Waals surface area contributed by atoms with Crippen LogP contribution in [0.5, 0.6) is 11.6 Å². The minimum absolute atomic E-state index is 0.228. The molecule has 0 saturated carbocycles. The van der Waals surface area contributed by atoms with Gasteiger partial charge in [0.05, 0.1) is 35.9 Å². The topological polar surface area (TPSA) is 118 Å². The van der Waals surface area contributed by atoms with Crippen molar-refractivity contribution >= 4 is 45.7 Å². The molecule has 54 heavy (non-hydrogen) atoms. The normalized spacial score (nSPS) is 13.1. The standard InChI is InChI=1S/C43H37N7O4/c1-28(2)49(32-20-21-39(53-3)45-25-32)40(51)26-48-37-18-9-10-19-38(37)50-41(30-14-11-15-33(22-30)54-27-29-12-5-4-6-13-29)46-47-42(50)35(43(48)52)23-31-24-44-36-17-8-7-16-34(31)36/h4-25,28,44H,26-27H2,1-3H3. The number of hydrogen-bond donors (Lipinski definition) is 1. The van der Waals surface area contributed by atoms with Crippen molar-refractivity contribution in [2.45, 2.75) is 26.5 Å². The molecule has 7 aromatic rings. The van der Waals surface area contributed by atoms with E-state index in [1.165, 1.54) is 4.90 Å². The van der Waals surface area contributed by atoms with Crippen LogP contribution in [0.3, 0.4) is 0 Å². The quantitative estimate of drug-likeness (QED) is 0.144. The lowest BCUT2D eigenvalue weighted by Gasteiger charge is -2.30. The highest BCUT2D eigenvalue weighted by Gasteiger charge is 2.36. The Balaban J connectivity index is 1.25. The van der Waals surface area contributed by atoms with Gasteiger partial charge in [0.1, 0.15) is 18.9 Å². The zero-order valence-corrected chi connectivity index (χ0v) is 30.0. The van der Waals surface area contributed by atoms with E-state index in [-0.39, 0.29) is 24.1 Å². The molecule has 11 nitrogen and oxygen atoms in total. The summed E-state index contributed by atoms with van der Waals surface area (Å²) in [4.78, 5) is 40.2. The Kier molecular flexibility index (Phi) is 9.19. The molecule has 0 spiro atoms. The Labute approximate surface area is 312 Å². The molecular weight excluding hydrogens is 679 g/mol. The van der Waals surface area contributed by atoms with Crippen molar-refractivity contribution in [1.29, 1.82) is 0 Å². The Morgan fingerprint density at radius 2 is 1.63 bits per heavy atom. The number of anilines is 2. The minimum Gasteiger partial charge on any atom is -0.489 e. The Morgan fingerprint density at radius 1 is 0.870 bits per heavy atom. The monoisotopic (exact) mass is 715 g/mol. The Morgan fingerprint density at radius 3 is 2.41 bits per heavy atom. The van der Waals surface area contributed by atoms with Gasteiger partial charge in [-0.05, 0) is 61.9 Å². The number of aromatic nitrogens is 5. The molecule has 0 saturated heterocycles. The highest BCUT2D eigenvalue weighted by Crippen LogP contribution is 2.39. The largest absolute Gasteiger partial charge is 0.489 e. The third-order valence-electron chi connectivity index (χ3n) is 9.34. The Hall–Kier alpha value is -7.01. The van der Waals surface area contributed by atoms with Gasteiger partial charge in [-0.25, -0.2) is 4.98 Å². The molecule has 1 aliphatic rings. The summed E-state index contributed by atoms with van der Waals surface area (Å²) >= 11 is 0. The summed E-state index contributed by atoms with van der Waals surface area (Å²) in [5, 5.41) is 10.3. The number of amides is 2. The van der Waals surface area contributed by atoms with Crippen LogP contribution in [0.25, 0.3) is 39.6 Å². The molecule has 4 aromatic carbocycles. The van der Waals surface area contributed by atoms with E-state index >= 15 is 4.79 Å². The number of rotatable bonds is 10. The summed E-state index contributed by atoms with van der Waals surface area (Å²) in [5.74, 6) is 1.28. The number of methoxy groups -OCH3 is 1. The number of carbonyl (C=O) groups excluding carboxylic acids is 2. The number of H-pyrrole nitrogens is 1. The highest BCUT2D eigenvalue weighted by atomic mass is 16.5. The number of benzene rings is 4. The van der Waals surface area contributed by atoms with E-state index in [1.54, 1.807) is 30.3 Å². The van der Waals surface area contributed by atoms with Gasteiger partial charge in [-0.3, -0.25) is 19.1 Å². The maximum atomic E-state index is 15.0. The second kappa shape index (κ2) is 14.5. The van der Waals surface area contributed by atoms with Crippen LogP contribution in [0.1, 0.15) is 30.8 Å². The van der Waals surface area contributed by atoms with Gasteiger partial charge in [0, 0.05) is 40.3 Å². The maximum Gasteiger partial charge on any atom is 0.262 e. The molecule has 0 radical (unpaired) electrons. The molecule has 0 aliphatic carbocycles. The number of para-hydroxylation sites is 3. The lowest BCUT2D eigenvalue weighted by Crippen LogP contribution is -2.46. The van der Waals surface area contributed by atoms with E-state index in [0.717, 1.165) is 27.6 Å². The zero-order chi connectivity index (χ0) is 37.2. The molecule has 0 unspecified atom stereocenters. The molecule has 268 valence electrons. The SMILES string of the molecule is COc1ccc(N(C(=O)CN2C(=O)C(=Cc3c[nH]c4ccccc34)c3nnc(-c4cccc(OCc5ccccc5)c4)n3-c3ccccc32)C(C)C)cn1. The maximum absolute atomic E-state index is 15.0. The summed E-state index contributed by atoms with van der Waals surface area (Å²) in [7, 11) is 1.54. The summed E-state index contributed by atoms with van der Waals surface area (Å²) < 4.78 is 13.3. The van der Waals surface area contributed by atoms with Crippen LogP contribution in [0.15, 0.2) is 128 Å². The minimum atomic E-state index is -0.393. The fourth-order valence-corrected chi connectivity index (χ4v) is 6.80. The molecule has 0 atom stereocenters. The lowest BCUT2D eigenvalue weighted by atomic mass is 10.1. The van der Waals surface area contributed by atoms with Crippen LogP contribution in [0, 0.1) is 0 Å². The van der Waals surface area contributed by atoms with Crippen molar-refractivity contribution in [1.82, 2.24) is 24.7 Å². The number of aromatic amines is 1. The predicted molar refractivity (Wildman–Crippen MR) is 210 cm³/mol. The van der Waals surface area contributed by atoms with Crippen LogP contribution in [0.2, 0.25) is 0 Å². The Bertz CT molecular complexity index is 2500. The first-order valence-electron chi connectivity index (χ1n) is 17.6. The van der Waals surface area contributed by atoms with Gasteiger partial charge in [-0.15, -0.1) is 10.2 Å². The first-order chi connectivity index (χ1) is 26.4. The summed E-state index contributed by atoms with van der Waals surface area (Å²) in [6.45, 7) is 4.00. The summed E-state index contributed by atoms with van der Waals surface area (Å²) in [6, 6.07) is 36.3. The second-order valence-corrected chi connectivity index (χ2v) is 13.1. The van der Waals surface area contributed by atoms with E-state index < -0.39 is 5.91 Å². The number of nitrogens with zero attached hydrogens (tertiary/aromatic N) is 6. The van der Waals surface area contributed by atoms with Crippen LogP contribution in [0.4, 0.5) is 11.4 Å². The van der Waals surface area contributed by atoms with Gasteiger partial charge in [0.25, 0.3) is 5.91 Å². The van der Waals surface area contributed by atoms with Crippen molar-refractivity contribution in [3.8, 4) is 28.7 Å². The average molecular weight is 716 g/mol. The number of carbonyl (C=O) groups is 2. The third-order valence-corrected chi connectivity index (χ3v) is 9.34. The molecule has 1 aliphatic heterocycles. The smallest absolute Gasteiger partial charge is 0.262 e. The molecule has 0 fully saturated rings. The molecule has 11 heteroatoms. The third kappa shape index (κ3) is 6.47. The van der Waals surface area contributed by atoms with Gasteiger partial charge in [-0.2, -0.15) is 0 Å². The van der Waals surface area contributed by atoms with Crippen LogP contribution in [-0.2, 0) is 16.2 Å². The average Bonchev–Trinajstić information content (AvgIpc) is 3.81. The van der Waals surface area contributed by atoms with Crippen molar-refractivity contribution in [3.05, 3.63) is 145 Å². The van der Waals surface area contributed by atoms with Gasteiger partial charge in [0.15, 0.2) is 11.6 Å². The first-order valence-corrected chi connectivity index (χ1v) is 17.6. The number of fused-ring (bicyclic) bond motifs is 4. The van der Waals surface area contributed by atoms with E-state index in [1.807, 2.05) is 134 Å². The number of ether oxygens (including phenoxy) is 2. The van der Waals surface area contributed by atoms with Crippen molar-refractivity contribution in [3.63, 3.8) is 0 Å². The van der Waals surface area contributed by atoms with Crippen molar-refractivity contribution in [2.75, 3.05) is 23.5 Å². The lowest BCUT2D eigenvalue weighted by molar-refractivity contribution is -0.120. The molecule has 3 aromatic heterocycles. The van der Waals surface area contributed by atoms with E-state index in [4.69, 9.17) is 9.47 Å². The van der Waals surface area contributed by atoms with Gasteiger partial charge < -0.3 is 19.4 Å². The van der Waals surface area contributed by atoms with E-state index in [0.29, 0.717) is 46.9 Å². The molecule has 4 heterocycles. The molecule has 1 N–H and O–H groups in total. The van der Waals surface area contributed by atoms with E-state index in [9.17, 15) is 4.79 Å². The number of pyridine rings is 1. The fraction of sp³-hybridized carbons (Fsp3) is 0.140. The molecule has 2 amide bonds. The molecule has 0 bridgehead atoms. The second-order valence-electron chi connectivity index (χ2n) is 13.1. The van der Waals surface area contributed by atoms with Gasteiger partial charge in [-0.1, -0.05) is 72.8 Å². The molecule has 8 rings (SSSR count). The van der Waals surface area contributed by atoms with E-state index in [2.05, 4.69) is 20.2 Å². The van der Waals surface area contributed by atoms with Crippen molar-refractivity contribution < 1.29 is 19.1 Å². The zero-order valence-electron chi connectivity index (χ0n) is 30.0. The predicted octanol–water partition coefficient (Wildman–Crippen LogP) is 7.73. The van der Waals surface area contributed by atoms with Crippen LogP contribution >= 0.6 is 0 Å². The molecular formula is C43H37N7O4. The highest BCUT2D eigenvalue weighted by molar-refractivity contribution is 6.32. The van der Waals surface area contributed by atoms with Crippen molar-refractivity contribution in [2.24, 2.45) is 0 Å². The number of hydrogen-bond acceptors (Lipinski definition) is 7. The first kappa shape index (κ1) is 34.1. The van der Waals surface area contributed by atoms with Gasteiger partial charge in [0.2, 0.25) is 11.8 Å². The van der Waals surface area contributed by atoms with Crippen LogP contribution in [-0.4, -0.2) is 56.2 Å². The summed E-state index contributed by atoms with van der Waals surface area (Å²) in [6.07, 6.45) is 5.29. The number of nitrogens with one attached hydrogen (secondary N) is 1.